The molecule has 1 aliphatic heterocycles. The lowest BCUT2D eigenvalue weighted by Crippen LogP contribution is -2.45. The zero-order valence-corrected chi connectivity index (χ0v) is 15.0. The first-order valence-electron chi connectivity index (χ1n) is 8.58. The topological polar surface area (TPSA) is 54.0 Å². The lowest BCUT2D eigenvalue weighted by Gasteiger charge is -2.32. The molecule has 2 rings (SSSR count). The van der Waals surface area contributed by atoms with Gasteiger partial charge in [-0.2, -0.15) is 0 Å². The molecule has 1 heterocycles. The fourth-order valence-electron chi connectivity index (χ4n) is 2.69. The van der Waals surface area contributed by atoms with Crippen LogP contribution in [0.2, 0.25) is 0 Å². The zero-order valence-electron chi connectivity index (χ0n) is 15.0. The molecule has 1 fully saturated rings. The lowest BCUT2D eigenvalue weighted by molar-refractivity contribution is -0.127. The molecular formula is C18H29N3O3. The van der Waals surface area contributed by atoms with Crippen molar-refractivity contribution in [1.29, 1.82) is 0 Å². The van der Waals surface area contributed by atoms with Crippen molar-refractivity contribution in [3.8, 4) is 11.5 Å². The lowest BCUT2D eigenvalue weighted by atomic mass is 10.3. The number of nitrogens with one attached hydrogen (secondary N) is 1. The summed E-state index contributed by atoms with van der Waals surface area (Å²) in [5.41, 5.74) is 0. The molecule has 1 aromatic rings. The number of hydrogen-bond donors (Lipinski definition) is 1. The third-order valence-electron chi connectivity index (χ3n) is 4.29. The van der Waals surface area contributed by atoms with Crippen LogP contribution < -0.4 is 14.8 Å². The molecule has 1 aliphatic rings. The molecule has 1 aromatic carbocycles. The highest BCUT2D eigenvalue weighted by Gasteiger charge is 2.17. The van der Waals surface area contributed by atoms with Gasteiger partial charge in [0.25, 0.3) is 5.91 Å². The van der Waals surface area contributed by atoms with E-state index < -0.39 is 6.10 Å². The molecular weight excluding hydrogens is 306 g/mol. The first kappa shape index (κ1) is 18.5. The van der Waals surface area contributed by atoms with Gasteiger partial charge in [-0.1, -0.05) is 12.1 Å². The molecule has 1 N–H and O–H groups in total. The van der Waals surface area contributed by atoms with E-state index in [1.807, 2.05) is 18.2 Å². The summed E-state index contributed by atoms with van der Waals surface area (Å²) in [7, 11) is 3.74. The number of carbonyl (C=O) groups excluding carboxylic acids is 1. The molecule has 134 valence electrons. The van der Waals surface area contributed by atoms with E-state index in [2.05, 4.69) is 22.2 Å². The minimum absolute atomic E-state index is 0.0979. The average molecular weight is 335 g/mol. The van der Waals surface area contributed by atoms with Crippen LogP contribution >= 0.6 is 0 Å². The second-order valence-corrected chi connectivity index (χ2v) is 6.20. The highest BCUT2D eigenvalue weighted by atomic mass is 16.5. The van der Waals surface area contributed by atoms with Crippen LogP contribution in [0.3, 0.4) is 0 Å². The van der Waals surface area contributed by atoms with Crippen molar-refractivity contribution in [2.24, 2.45) is 0 Å². The van der Waals surface area contributed by atoms with E-state index in [0.29, 0.717) is 18.0 Å². The van der Waals surface area contributed by atoms with Crippen molar-refractivity contribution in [3.63, 3.8) is 0 Å². The Morgan fingerprint density at radius 3 is 2.54 bits per heavy atom. The number of para-hydroxylation sites is 2. The maximum absolute atomic E-state index is 12.1. The summed E-state index contributed by atoms with van der Waals surface area (Å²) in [6, 6.07) is 7.35. The van der Waals surface area contributed by atoms with Gasteiger partial charge in [0.15, 0.2) is 17.6 Å². The van der Waals surface area contributed by atoms with E-state index in [4.69, 9.17) is 9.47 Å². The molecule has 0 aliphatic carbocycles. The summed E-state index contributed by atoms with van der Waals surface area (Å²) in [4.78, 5) is 16.9. The Bertz CT molecular complexity index is 516. The van der Waals surface area contributed by atoms with E-state index in [-0.39, 0.29) is 5.91 Å². The van der Waals surface area contributed by atoms with Crippen molar-refractivity contribution in [3.05, 3.63) is 24.3 Å². The van der Waals surface area contributed by atoms with Gasteiger partial charge in [0.2, 0.25) is 0 Å². The Morgan fingerprint density at radius 1 is 1.21 bits per heavy atom. The van der Waals surface area contributed by atoms with Gasteiger partial charge in [-0.05, 0) is 39.1 Å². The molecule has 0 unspecified atom stereocenters. The van der Waals surface area contributed by atoms with Gasteiger partial charge in [-0.3, -0.25) is 4.79 Å². The fraction of sp³-hybridized carbons (Fsp3) is 0.611. The van der Waals surface area contributed by atoms with Crippen molar-refractivity contribution < 1.29 is 14.3 Å². The van der Waals surface area contributed by atoms with Gasteiger partial charge in [0.1, 0.15) is 0 Å². The van der Waals surface area contributed by atoms with Gasteiger partial charge < -0.3 is 24.6 Å². The van der Waals surface area contributed by atoms with Crippen LogP contribution in [0, 0.1) is 0 Å². The normalized spacial score (nSPS) is 17.3. The Kier molecular flexibility index (Phi) is 7.34. The van der Waals surface area contributed by atoms with Crippen molar-refractivity contribution in [2.45, 2.75) is 19.4 Å². The van der Waals surface area contributed by atoms with Crippen molar-refractivity contribution in [1.82, 2.24) is 15.1 Å². The van der Waals surface area contributed by atoms with E-state index in [1.165, 1.54) is 0 Å². The van der Waals surface area contributed by atoms with Crippen molar-refractivity contribution >= 4 is 5.91 Å². The number of carbonyl (C=O) groups is 1. The number of ether oxygens (including phenoxy) is 2. The number of rotatable bonds is 8. The Hall–Kier alpha value is -1.79. The number of hydrogen-bond acceptors (Lipinski definition) is 5. The first-order valence-corrected chi connectivity index (χ1v) is 8.58. The average Bonchev–Trinajstić information content (AvgIpc) is 2.60. The maximum Gasteiger partial charge on any atom is 0.260 e. The number of likely N-dealkylation sites (N-methyl/N-ethyl adjacent to an activating group) is 1. The molecule has 1 atom stereocenters. The van der Waals surface area contributed by atoms with Crippen LogP contribution in [-0.4, -0.2) is 75.2 Å². The Morgan fingerprint density at radius 2 is 1.88 bits per heavy atom. The summed E-state index contributed by atoms with van der Waals surface area (Å²) in [5.74, 6) is 1.12. The maximum atomic E-state index is 12.1. The molecule has 1 amide bonds. The smallest absolute Gasteiger partial charge is 0.260 e. The Labute approximate surface area is 144 Å². The quantitative estimate of drug-likeness (QED) is 0.724. The number of amides is 1. The molecule has 0 aromatic heterocycles. The third-order valence-corrected chi connectivity index (χ3v) is 4.29. The molecule has 0 radical (unpaired) electrons. The summed E-state index contributed by atoms with van der Waals surface area (Å²) < 4.78 is 10.9. The number of piperazine rings is 1. The van der Waals surface area contributed by atoms with E-state index >= 15 is 0 Å². The minimum atomic E-state index is -0.551. The molecule has 1 saturated heterocycles. The van der Waals surface area contributed by atoms with E-state index in [0.717, 1.165) is 39.1 Å². The van der Waals surface area contributed by atoms with Crippen LogP contribution in [0.15, 0.2) is 24.3 Å². The predicted octanol–water partition coefficient (Wildman–Crippen LogP) is 1.22. The molecule has 0 saturated carbocycles. The van der Waals surface area contributed by atoms with Gasteiger partial charge in [-0.15, -0.1) is 0 Å². The first-order chi connectivity index (χ1) is 11.6. The zero-order chi connectivity index (χ0) is 17.4. The van der Waals surface area contributed by atoms with Crippen LogP contribution in [0.1, 0.15) is 13.3 Å². The monoisotopic (exact) mass is 335 g/mol. The largest absolute Gasteiger partial charge is 0.493 e. The molecule has 6 heteroatoms. The van der Waals surface area contributed by atoms with E-state index in [9.17, 15) is 4.79 Å². The third kappa shape index (κ3) is 5.69. The second kappa shape index (κ2) is 9.49. The Balaban J connectivity index is 1.66. The van der Waals surface area contributed by atoms with Gasteiger partial charge in [-0.25, -0.2) is 0 Å². The van der Waals surface area contributed by atoms with Crippen LogP contribution in [-0.2, 0) is 4.79 Å². The fourth-order valence-corrected chi connectivity index (χ4v) is 2.69. The standard InChI is InChI=1S/C18H29N3O3/c1-15(24-17-8-5-4-7-16(17)23-3)18(22)19-9-6-10-21-13-11-20(2)12-14-21/h4-5,7-8,15H,6,9-14H2,1-3H3,(H,19,22)/t15-/m1/s1. The van der Waals surface area contributed by atoms with Gasteiger partial charge in [0.05, 0.1) is 7.11 Å². The second-order valence-electron chi connectivity index (χ2n) is 6.20. The number of benzene rings is 1. The minimum Gasteiger partial charge on any atom is -0.493 e. The van der Waals surface area contributed by atoms with Crippen molar-refractivity contribution in [2.75, 3.05) is 53.4 Å². The van der Waals surface area contributed by atoms with Crippen LogP contribution in [0.4, 0.5) is 0 Å². The predicted molar refractivity (Wildman–Crippen MR) is 94.6 cm³/mol. The number of methoxy groups -OCH3 is 1. The molecule has 0 spiro atoms. The van der Waals surface area contributed by atoms with Crippen LogP contribution in [0.5, 0.6) is 11.5 Å². The molecule has 0 bridgehead atoms. The van der Waals surface area contributed by atoms with Gasteiger partial charge in [0, 0.05) is 32.7 Å². The van der Waals surface area contributed by atoms with E-state index in [1.54, 1.807) is 20.1 Å². The summed E-state index contributed by atoms with van der Waals surface area (Å²) in [6.45, 7) is 7.91. The summed E-state index contributed by atoms with van der Waals surface area (Å²) in [6.07, 6.45) is 0.404. The summed E-state index contributed by atoms with van der Waals surface area (Å²) in [5, 5.41) is 2.95. The van der Waals surface area contributed by atoms with Gasteiger partial charge >= 0.3 is 0 Å². The highest BCUT2D eigenvalue weighted by Crippen LogP contribution is 2.26. The summed E-state index contributed by atoms with van der Waals surface area (Å²) >= 11 is 0. The molecule has 6 nitrogen and oxygen atoms in total. The van der Waals surface area contributed by atoms with Crippen LogP contribution in [0.25, 0.3) is 0 Å². The molecule has 24 heavy (non-hydrogen) atoms. The number of nitrogens with zero attached hydrogens (tertiary/aromatic N) is 2. The highest BCUT2D eigenvalue weighted by molar-refractivity contribution is 5.80. The SMILES string of the molecule is COc1ccccc1O[C@H](C)C(=O)NCCCN1CCN(C)CC1.